The molecule has 0 aliphatic heterocycles. The summed E-state index contributed by atoms with van der Waals surface area (Å²) < 4.78 is 4.95. The van der Waals surface area contributed by atoms with Crippen LogP contribution in [-0.4, -0.2) is 23.8 Å². The van der Waals surface area contributed by atoms with Gasteiger partial charge in [0.2, 0.25) is 0 Å². The zero-order valence-corrected chi connectivity index (χ0v) is 8.54. The van der Waals surface area contributed by atoms with Gasteiger partial charge in [0.15, 0.2) is 5.13 Å². The summed E-state index contributed by atoms with van der Waals surface area (Å²) >= 11 is 1.31. The maximum absolute atomic E-state index is 9.77. The highest BCUT2D eigenvalue weighted by Crippen LogP contribution is 2.27. The summed E-state index contributed by atoms with van der Waals surface area (Å²) in [7, 11) is 1.62. The maximum Gasteiger partial charge on any atom is 0.180 e. The van der Waals surface area contributed by atoms with Crippen molar-refractivity contribution in [3.05, 3.63) is 11.1 Å². The lowest BCUT2D eigenvalue weighted by Crippen LogP contribution is -2.13. The van der Waals surface area contributed by atoms with Crippen LogP contribution < -0.4 is 5.73 Å². The highest BCUT2D eigenvalue weighted by Gasteiger charge is 2.18. The molecule has 0 saturated heterocycles. The lowest BCUT2D eigenvalue weighted by Gasteiger charge is -2.15. The Morgan fingerprint density at radius 1 is 1.77 bits per heavy atom. The van der Waals surface area contributed by atoms with Gasteiger partial charge in [-0.1, -0.05) is 18.3 Å². The fourth-order valence-corrected chi connectivity index (χ4v) is 1.88. The molecule has 0 radical (unpaired) electrons. The normalized spacial score (nSPS) is 15.6. The Hall–Kier alpha value is -0.650. The Morgan fingerprint density at radius 3 is 2.92 bits per heavy atom. The summed E-state index contributed by atoms with van der Waals surface area (Å²) in [4.78, 5) is 4.67. The molecule has 0 spiro atoms. The van der Waals surface area contributed by atoms with Crippen LogP contribution in [0.15, 0.2) is 6.20 Å². The third kappa shape index (κ3) is 2.65. The number of aliphatic hydroxyl groups excluding tert-OH is 1. The number of methoxy groups -OCH3 is 1. The largest absolute Gasteiger partial charge is 0.387 e. The molecule has 0 aliphatic carbocycles. The van der Waals surface area contributed by atoms with Crippen molar-refractivity contribution >= 4 is 16.5 Å². The van der Waals surface area contributed by atoms with Crippen molar-refractivity contribution in [2.45, 2.75) is 13.0 Å². The Kier molecular flexibility index (Phi) is 3.65. The minimum atomic E-state index is -0.533. The van der Waals surface area contributed by atoms with Gasteiger partial charge in [0.25, 0.3) is 0 Å². The van der Waals surface area contributed by atoms with Gasteiger partial charge in [-0.05, 0) is 0 Å². The Labute approximate surface area is 81.4 Å². The second-order valence-corrected chi connectivity index (χ2v) is 4.07. The first kappa shape index (κ1) is 10.4. The number of aromatic nitrogens is 1. The Balaban J connectivity index is 2.61. The molecular formula is C8H14N2O2S. The van der Waals surface area contributed by atoms with Crippen molar-refractivity contribution in [2.24, 2.45) is 5.92 Å². The highest BCUT2D eigenvalue weighted by molar-refractivity contribution is 7.15. The number of aliphatic hydroxyl groups is 1. The topological polar surface area (TPSA) is 68.4 Å². The van der Waals surface area contributed by atoms with Gasteiger partial charge in [0.05, 0.1) is 17.6 Å². The van der Waals surface area contributed by atoms with Crippen LogP contribution in [0.25, 0.3) is 0 Å². The molecular weight excluding hydrogens is 188 g/mol. The van der Waals surface area contributed by atoms with E-state index in [1.54, 1.807) is 13.3 Å². The Morgan fingerprint density at radius 2 is 2.46 bits per heavy atom. The standard InChI is InChI=1S/C8H14N2O2S/c1-5(4-12-2)7(11)6-3-10-8(9)13-6/h3,5,7,11H,4H2,1-2H3,(H2,9,10). The smallest absolute Gasteiger partial charge is 0.180 e. The summed E-state index contributed by atoms with van der Waals surface area (Å²) in [6.45, 7) is 2.45. The molecule has 74 valence electrons. The minimum Gasteiger partial charge on any atom is -0.387 e. The average Bonchev–Trinajstić information content (AvgIpc) is 2.51. The van der Waals surface area contributed by atoms with Gasteiger partial charge in [-0.15, -0.1) is 0 Å². The number of rotatable bonds is 4. The van der Waals surface area contributed by atoms with E-state index in [0.717, 1.165) is 4.88 Å². The van der Waals surface area contributed by atoms with E-state index in [1.807, 2.05) is 6.92 Å². The van der Waals surface area contributed by atoms with Crippen LogP contribution in [0.4, 0.5) is 5.13 Å². The summed E-state index contributed by atoms with van der Waals surface area (Å²) in [6.07, 6.45) is 1.08. The third-order valence-corrected chi connectivity index (χ3v) is 2.70. The second kappa shape index (κ2) is 4.55. The number of nitrogens with zero attached hydrogens (tertiary/aromatic N) is 1. The van der Waals surface area contributed by atoms with E-state index < -0.39 is 6.10 Å². The van der Waals surface area contributed by atoms with E-state index >= 15 is 0 Å². The van der Waals surface area contributed by atoms with Gasteiger partial charge in [0, 0.05) is 19.2 Å². The zero-order chi connectivity index (χ0) is 9.84. The summed E-state index contributed by atoms with van der Waals surface area (Å²) in [5, 5.41) is 10.3. The van der Waals surface area contributed by atoms with E-state index in [-0.39, 0.29) is 5.92 Å². The first-order chi connectivity index (χ1) is 6.15. The average molecular weight is 202 g/mol. The van der Waals surface area contributed by atoms with E-state index in [0.29, 0.717) is 11.7 Å². The fourth-order valence-electron chi connectivity index (χ4n) is 1.07. The van der Waals surface area contributed by atoms with E-state index in [2.05, 4.69) is 4.98 Å². The molecule has 0 amide bonds. The van der Waals surface area contributed by atoms with E-state index in [4.69, 9.17) is 10.5 Å². The van der Waals surface area contributed by atoms with Gasteiger partial charge in [-0.2, -0.15) is 0 Å². The predicted octanol–water partition coefficient (Wildman–Crippen LogP) is 1.04. The molecule has 4 nitrogen and oxygen atoms in total. The molecule has 0 aromatic carbocycles. The summed E-state index contributed by atoms with van der Waals surface area (Å²) in [5.74, 6) is 0.0600. The number of thiazole rings is 1. The molecule has 1 aromatic heterocycles. The number of nitrogen functional groups attached to an aromatic ring is 1. The van der Waals surface area contributed by atoms with Crippen molar-refractivity contribution in [2.75, 3.05) is 19.5 Å². The molecule has 5 heteroatoms. The lowest BCUT2D eigenvalue weighted by atomic mass is 10.1. The Bertz CT molecular complexity index is 264. The minimum absolute atomic E-state index is 0.0600. The van der Waals surface area contributed by atoms with Crippen molar-refractivity contribution in [1.29, 1.82) is 0 Å². The van der Waals surface area contributed by atoms with E-state index in [1.165, 1.54) is 11.3 Å². The molecule has 2 atom stereocenters. The van der Waals surface area contributed by atoms with Crippen molar-refractivity contribution in [3.63, 3.8) is 0 Å². The van der Waals surface area contributed by atoms with E-state index in [9.17, 15) is 5.11 Å². The van der Waals surface area contributed by atoms with Crippen molar-refractivity contribution in [1.82, 2.24) is 4.98 Å². The van der Waals surface area contributed by atoms with Crippen LogP contribution in [-0.2, 0) is 4.74 Å². The van der Waals surface area contributed by atoms with Gasteiger partial charge in [-0.25, -0.2) is 4.98 Å². The van der Waals surface area contributed by atoms with Crippen molar-refractivity contribution < 1.29 is 9.84 Å². The molecule has 0 fully saturated rings. The SMILES string of the molecule is COCC(C)C(O)c1cnc(N)s1. The first-order valence-corrected chi connectivity index (χ1v) is 4.85. The molecule has 1 rings (SSSR count). The highest BCUT2D eigenvalue weighted by atomic mass is 32.1. The van der Waals surface area contributed by atoms with Crippen LogP contribution in [0, 0.1) is 5.92 Å². The monoisotopic (exact) mass is 202 g/mol. The van der Waals surface area contributed by atoms with Crippen LogP contribution in [0.3, 0.4) is 0 Å². The van der Waals surface area contributed by atoms with Gasteiger partial charge >= 0.3 is 0 Å². The van der Waals surface area contributed by atoms with Crippen molar-refractivity contribution in [3.8, 4) is 0 Å². The summed E-state index contributed by atoms with van der Waals surface area (Å²) in [6, 6.07) is 0. The number of hydrogen-bond donors (Lipinski definition) is 2. The molecule has 2 unspecified atom stereocenters. The fraction of sp³-hybridized carbons (Fsp3) is 0.625. The number of anilines is 1. The molecule has 1 aromatic rings. The number of hydrogen-bond acceptors (Lipinski definition) is 5. The van der Waals surface area contributed by atoms with Crippen LogP contribution in [0.2, 0.25) is 0 Å². The number of nitrogens with two attached hydrogens (primary N) is 1. The number of ether oxygens (including phenoxy) is 1. The summed E-state index contributed by atoms with van der Waals surface area (Å²) in [5.41, 5.74) is 5.46. The predicted molar refractivity (Wildman–Crippen MR) is 52.5 cm³/mol. The quantitative estimate of drug-likeness (QED) is 0.765. The second-order valence-electron chi connectivity index (χ2n) is 2.98. The molecule has 13 heavy (non-hydrogen) atoms. The van der Waals surface area contributed by atoms with Gasteiger partial charge in [0.1, 0.15) is 0 Å². The lowest BCUT2D eigenvalue weighted by molar-refractivity contribution is 0.0587. The molecule has 0 bridgehead atoms. The zero-order valence-electron chi connectivity index (χ0n) is 7.73. The molecule has 1 heterocycles. The maximum atomic E-state index is 9.77. The molecule has 3 N–H and O–H groups in total. The van der Waals surface area contributed by atoms with Crippen LogP contribution in [0.5, 0.6) is 0 Å². The van der Waals surface area contributed by atoms with Gasteiger partial charge in [-0.3, -0.25) is 0 Å². The molecule has 0 aliphatic rings. The van der Waals surface area contributed by atoms with Crippen LogP contribution in [0.1, 0.15) is 17.9 Å². The molecule has 0 saturated carbocycles. The third-order valence-electron chi connectivity index (χ3n) is 1.80. The first-order valence-electron chi connectivity index (χ1n) is 4.03. The van der Waals surface area contributed by atoms with Gasteiger partial charge < -0.3 is 15.6 Å². The van der Waals surface area contributed by atoms with Crippen LogP contribution >= 0.6 is 11.3 Å².